The number of benzene rings is 2. The molecule has 2 atom stereocenters. The van der Waals surface area contributed by atoms with Crippen molar-refractivity contribution in [3.8, 4) is 0 Å². The van der Waals surface area contributed by atoms with E-state index in [0.29, 0.717) is 26.1 Å². The summed E-state index contributed by atoms with van der Waals surface area (Å²) in [6.07, 6.45) is 10.2. The number of carbonyl (C=O) groups excluding carboxylic acids is 1. The van der Waals surface area contributed by atoms with Crippen LogP contribution in [0.1, 0.15) is 66.7 Å². The quantitative estimate of drug-likeness (QED) is 0.126. The smallest absolute Gasteiger partial charge is 0.261 e. The van der Waals surface area contributed by atoms with Crippen molar-refractivity contribution in [2.24, 2.45) is 0 Å². The minimum atomic E-state index is -2.68. The molecule has 0 heterocycles. The number of ketones is 1. The van der Waals surface area contributed by atoms with Gasteiger partial charge in [-0.1, -0.05) is 93.6 Å². The third kappa shape index (κ3) is 7.84. The SMILES string of the molecule is CCOC(C)OCCCC/C=C\CC1=C[C@H](O[Si](c2ccccc2)(c2ccccc2)C(C)(C)C)CC1=O. The number of carbonyl (C=O) groups is 1. The van der Waals surface area contributed by atoms with Crippen molar-refractivity contribution in [3.63, 3.8) is 0 Å². The number of hydrogen-bond donors (Lipinski definition) is 0. The van der Waals surface area contributed by atoms with Gasteiger partial charge in [0.05, 0.1) is 6.10 Å². The monoisotopic (exact) mass is 520 g/mol. The number of Topliss-reactive ketones (excluding diaryl/α,β-unsaturated/α-hetero) is 1. The molecule has 0 N–H and O–H groups in total. The van der Waals surface area contributed by atoms with E-state index in [2.05, 4.69) is 87.5 Å². The van der Waals surface area contributed by atoms with Gasteiger partial charge < -0.3 is 13.9 Å². The molecule has 200 valence electrons. The van der Waals surface area contributed by atoms with Crippen molar-refractivity contribution >= 4 is 24.5 Å². The van der Waals surface area contributed by atoms with Gasteiger partial charge in [-0.2, -0.15) is 0 Å². The molecular formula is C32H44O4Si. The molecule has 2 aromatic carbocycles. The fourth-order valence-electron chi connectivity index (χ4n) is 5.09. The third-order valence-electron chi connectivity index (χ3n) is 6.90. The maximum Gasteiger partial charge on any atom is 0.261 e. The fraction of sp³-hybridized carbons (Fsp3) is 0.469. The molecule has 4 nitrogen and oxygen atoms in total. The first-order valence-electron chi connectivity index (χ1n) is 13.7. The molecule has 0 saturated carbocycles. The second-order valence-corrected chi connectivity index (χ2v) is 15.0. The average molecular weight is 521 g/mol. The van der Waals surface area contributed by atoms with Gasteiger partial charge in [0.25, 0.3) is 8.32 Å². The molecule has 0 amide bonds. The summed E-state index contributed by atoms with van der Waals surface area (Å²) in [7, 11) is -2.68. The van der Waals surface area contributed by atoms with Crippen molar-refractivity contribution in [2.45, 2.75) is 84.2 Å². The van der Waals surface area contributed by atoms with Gasteiger partial charge in [0.15, 0.2) is 12.1 Å². The highest BCUT2D eigenvalue weighted by molar-refractivity contribution is 6.99. The normalized spacial score (nSPS) is 17.4. The Balaban J connectivity index is 1.66. The van der Waals surface area contributed by atoms with E-state index in [9.17, 15) is 4.79 Å². The summed E-state index contributed by atoms with van der Waals surface area (Å²) in [6.45, 7) is 12.1. The van der Waals surface area contributed by atoms with Gasteiger partial charge in [0.1, 0.15) is 0 Å². The third-order valence-corrected chi connectivity index (χ3v) is 12.0. The number of hydrogen-bond acceptors (Lipinski definition) is 4. The topological polar surface area (TPSA) is 44.8 Å². The molecule has 0 bridgehead atoms. The summed E-state index contributed by atoms with van der Waals surface area (Å²) >= 11 is 0. The highest BCUT2D eigenvalue weighted by Crippen LogP contribution is 2.39. The van der Waals surface area contributed by atoms with Gasteiger partial charge in [-0.25, -0.2) is 0 Å². The second-order valence-electron chi connectivity index (χ2n) is 10.7. The van der Waals surface area contributed by atoms with Crippen LogP contribution in [0.15, 0.2) is 84.5 Å². The molecule has 1 aliphatic rings. The zero-order valence-electron chi connectivity index (χ0n) is 23.2. The first-order chi connectivity index (χ1) is 17.8. The number of allylic oxidation sites excluding steroid dienone is 3. The van der Waals surface area contributed by atoms with Crippen LogP contribution < -0.4 is 10.4 Å². The summed E-state index contributed by atoms with van der Waals surface area (Å²) < 4.78 is 18.1. The molecule has 0 spiro atoms. The molecule has 0 aliphatic heterocycles. The maximum absolute atomic E-state index is 12.9. The van der Waals surface area contributed by atoms with E-state index < -0.39 is 8.32 Å². The lowest BCUT2D eigenvalue weighted by atomic mass is 10.1. The van der Waals surface area contributed by atoms with Crippen LogP contribution in [0.2, 0.25) is 5.04 Å². The lowest BCUT2D eigenvalue weighted by Gasteiger charge is -2.44. The number of ether oxygens (including phenoxy) is 2. The summed E-state index contributed by atoms with van der Waals surface area (Å²) in [5.41, 5.74) is 0.869. The van der Waals surface area contributed by atoms with E-state index >= 15 is 0 Å². The van der Waals surface area contributed by atoms with E-state index in [0.717, 1.165) is 24.8 Å². The summed E-state index contributed by atoms with van der Waals surface area (Å²) in [6, 6.07) is 21.2. The predicted octanol–water partition coefficient (Wildman–Crippen LogP) is 6.35. The second kappa shape index (κ2) is 14.0. The zero-order valence-corrected chi connectivity index (χ0v) is 24.2. The molecule has 0 radical (unpaired) electrons. The molecule has 5 heteroatoms. The minimum absolute atomic E-state index is 0.112. The molecule has 3 rings (SSSR count). The maximum atomic E-state index is 12.9. The average Bonchev–Trinajstić information content (AvgIpc) is 3.23. The van der Waals surface area contributed by atoms with Crippen molar-refractivity contribution in [2.75, 3.05) is 13.2 Å². The molecule has 0 fully saturated rings. The molecule has 0 saturated heterocycles. The summed E-state index contributed by atoms with van der Waals surface area (Å²) in [5.74, 6) is 0.200. The van der Waals surface area contributed by atoms with E-state index in [1.54, 1.807) is 0 Å². The van der Waals surface area contributed by atoms with Crippen molar-refractivity contribution in [1.29, 1.82) is 0 Å². The molecule has 0 aromatic heterocycles. The van der Waals surface area contributed by atoms with Crippen LogP contribution >= 0.6 is 0 Å². The van der Waals surface area contributed by atoms with E-state index in [1.807, 2.05) is 26.0 Å². The van der Waals surface area contributed by atoms with Gasteiger partial charge in [0, 0.05) is 19.6 Å². The Bertz CT molecular complexity index is 984. The first-order valence-corrected chi connectivity index (χ1v) is 15.6. The first kappa shape index (κ1) is 29.2. The van der Waals surface area contributed by atoms with Gasteiger partial charge in [-0.05, 0) is 66.6 Å². The Morgan fingerprint density at radius 1 is 0.946 bits per heavy atom. The van der Waals surface area contributed by atoms with Gasteiger partial charge >= 0.3 is 0 Å². The lowest BCUT2D eigenvalue weighted by Crippen LogP contribution is -2.67. The molecule has 2 aromatic rings. The zero-order chi connectivity index (χ0) is 26.7. The molecule has 37 heavy (non-hydrogen) atoms. The standard InChI is InChI=1S/C32H44O4Si/c1-6-34-26(2)35-23-17-9-7-8-12-18-27-24-28(25-31(27)33)36-37(32(3,4)5,29-19-13-10-14-20-29)30-21-15-11-16-22-30/h8,10-16,19-22,24,26,28H,6-7,9,17-18,23,25H2,1-5H3/b12-8-/t26?,28-/m0/s1. The van der Waals surface area contributed by atoms with E-state index in [-0.39, 0.29) is 23.2 Å². The largest absolute Gasteiger partial charge is 0.401 e. The highest BCUT2D eigenvalue weighted by Gasteiger charge is 2.51. The van der Waals surface area contributed by atoms with E-state index in [1.165, 1.54) is 10.4 Å². The Labute approximate surface area is 224 Å². The van der Waals surface area contributed by atoms with Crippen LogP contribution in [0.25, 0.3) is 0 Å². The van der Waals surface area contributed by atoms with Crippen molar-refractivity contribution < 1.29 is 18.7 Å². The van der Waals surface area contributed by atoms with E-state index in [4.69, 9.17) is 13.9 Å². The van der Waals surface area contributed by atoms with Crippen LogP contribution in [0.4, 0.5) is 0 Å². The van der Waals surface area contributed by atoms with Crippen LogP contribution in [0.3, 0.4) is 0 Å². The fourth-order valence-corrected chi connectivity index (χ4v) is 9.71. The van der Waals surface area contributed by atoms with Crippen LogP contribution in [-0.2, 0) is 18.7 Å². The minimum Gasteiger partial charge on any atom is -0.401 e. The van der Waals surface area contributed by atoms with Gasteiger partial charge in [-0.3, -0.25) is 4.79 Å². The Kier molecular flexibility index (Phi) is 11.1. The Hall–Kier alpha value is -2.31. The van der Waals surface area contributed by atoms with Crippen LogP contribution in [0.5, 0.6) is 0 Å². The number of rotatable bonds is 14. The Morgan fingerprint density at radius 3 is 2.14 bits per heavy atom. The highest BCUT2D eigenvalue weighted by atomic mass is 28.4. The number of unbranched alkanes of at least 4 members (excludes halogenated alkanes) is 2. The molecule has 1 aliphatic carbocycles. The van der Waals surface area contributed by atoms with Crippen molar-refractivity contribution in [3.05, 3.63) is 84.5 Å². The molecular weight excluding hydrogens is 476 g/mol. The molecule has 1 unspecified atom stereocenters. The Morgan fingerprint density at radius 2 is 1.57 bits per heavy atom. The summed E-state index contributed by atoms with van der Waals surface area (Å²) in [5, 5.41) is 2.37. The van der Waals surface area contributed by atoms with Crippen LogP contribution in [0, 0.1) is 0 Å². The lowest BCUT2D eigenvalue weighted by molar-refractivity contribution is -0.127. The van der Waals surface area contributed by atoms with Crippen LogP contribution in [-0.4, -0.2) is 39.7 Å². The summed E-state index contributed by atoms with van der Waals surface area (Å²) in [4.78, 5) is 12.9. The van der Waals surface area contributed by atoms with Gasteiger partial charge in [0.2, 0.25) is 0 Å². The predicted molar refractivity (Wildman–Crippen MR) is 155 cm³/mol. The van der Waals surface area contributed by atoms with Crippen molar-refractivity contribution in [1.82, 2.24) is 0 Å². The van der Waals surface area contributed by atoms with Gasteiger partial charge in [-0.15, -0.1) is 0 Å².